The highest BCUT2D eigenvalue weighted by Crippen LogP contribution is 2.40. The van der Waals surface area contributed by atoms with E-state index in [0.29, 0.717) is 43.3 Å². The highest BCUT2D eigenvalue weighted by atomic mass is 79.9. The maximum absolute atomic E-state index is 13.1. The number of ketones is 1. The van der Waals surface area contributed by atoms with Gasteiger partial charge in [0, 0.05) is 49.5 Å². The number of allylic oxidation sites excluding steroid dienone is 3. The van der Waals surface area contributed by atoms with Gasteiger partial charge in [0.2, 0.25) is 0 Å². The Labute approximate surface area is 436 Å². The molecule has 0 saturated carbocycles. The van der Waals surface area contributed by atoms with Crippen LogP contribution in [0.5, 0.6) is 0 Å². The second-order valence-electron chi connectivity index (χ2n) is 21.8. The number of carbonyl (C=O) groups is 3. The van der Waals surface area contributed by atoms with Gasteiger partial charge >= 0.3 is 11.9 Å². The summed E-state index contributed by atoms with van der Waals surface area (Å²) in [4.78, 5) is 38.6. The molecule has 13 heteroatoms. The van der Waals surface area contributed by atoms with Gasteiger partial charge in [-0.15, -0.1) is 0 Å². The third-order valence-corrected chi connectivity index (χ3v) is 15.2. The average Bonchev–Trinajstić information content (AvgIpc) is 3.60. The van der Waals surface area contributed by atoms with E-state index in [9.17, 15) is 45.0 Å². The number of ether oxygens (including phenoxy) is 3. The molecule has 2 aliphatic rings. The fourth-order valence-electron chi connectivity index (χ4n) is 9.51. The third-order valence-electron chi connectivity index (χ3n) is 14.6. The first-order valence-electron chi connectivity index (χ1n) is 26.7. The summed E-state index contributed by atoms with van der Waals surface area (Å²) in [6, 6.07) is 0. The molecular formula is C58H95BrO12. The third kappa shape index (κ3) is 24.0. The zero-order valence-corrected chi connectivity index (χ0v) is 46.4. The molecule has 1 saturated heterocycles. The van der Waals surface area contributed by atoms with Gasteiger partial charge in [0.15, 0.2) is 5.78 Å². The molecule has 71 heavy (non-hydrogen) atoms. The minimum atomic E-state index is -1.35. The SMILES string of the molecule is C=C1/C=C(/C)CC2CC(OC(=O)/C=C(C)/C=C/C[C@H](O)C1)[C@@](C)(C(O)/C=C(\C)CC(O)C(C)(C)C(O)CC(O)C(C)C(O)CC(CC(=C)C(=O)CBr)OC(=O)CCCCCCCCCCCCCCC)O2. The number of Topliss-reactive ketones (excluding diaryl/α,β-unsaturated/α-hetero) is 1. The van der Waals surface area contributed by atoms with Crippen molar-refractivity contribution in [3.05, 3.63) is 71.4 Å². The van der Waals surface area contributed by atoms with E-state index < -0.39 is 83.8 Å². The van der Waals surface area contributed by atoms with E-state index in [1.165, 1.54) is 63.9 Å². The number of aliphatic hydroxyl groups is 6. The highest BCUT2D eigenvalue weighted by molar-refractivity contribution is 9.09. The van der Waals surface area contributed by atoms with E-state index in [1.54, 1.807) is 59.8 Å². The maximum Gasteiger partial charge on any atom is 0.331 e. The predicted molar refractivity (Wildman–Crippen MR) is 287 cm³/mol. The van der Waals surface area contributed by atoms with Crippen molar-refractivity contribution >= 4 is 33.7 Å². The number of halogens is 1. The van der Waals surface area contributed by atoms with Gasteiger partial charge in [0.05, 0.1) is 42.0 Å². The number of hydrogen-bond acceptors (Lipinski definition) is 12. The summed E-state index contributed by atoms with van der Waals surface area (Å²) in [7, 11) is 0. The Morgan fingerprint density at radius 3 is 2.07 bits per heavy atom. The monoisotopic (exact) mass is 1060 g/mol. The van der Waals surface area contributed by atoms with Gasteiger partial charge in [0.1, 0.15) is 23.9 Å². The molecule has 2 aliphatic heterocycles. The second-order valence-corrected chi connectivity index (χ2v) is 22.3. The normalized spacial score (nSPS) is 25.6. The molecule has 0 aromatic heterocycles. The van der Waals surface area contributed by atoms with Gasteiger partial charge in [-0.3, -0.25) is 9.59 Å². The standard InChI is InChI=1S/C58H95BrO12/c1-11-12-13-14-15-16-17-18-19-20-21-22-23-27-55(67)69-46(34-43(6)50(63)38-59)35-48(61)44(7)49(62)37-52(65)57(8,9)51(64)31-42(5)32-53(66)58(10)54-36-47(71-58)30-41(4)28-40(3)29-45(60)26-24-25-39(2)33-56(68)70-54/h24-25,28,32-33,44-49,51-54,60-62,64-66H,3,6,11-23,26-27,29-31,34-38H2,1-2,4-5,7-10H3/b25-24+,39-33+,41-28-,42-32+/t44?,45-,46?,47?,48?,49?,51?,52?,53?,54?,58+/m0/s1. The lowest BCUT2D eigenvalue weighted by molar-refractivity contribution is -0.163. The predicted octanol–water partition coefficient (Wildman–Crippen LogP) is 10.9. The molecule has 9 unspecified atom stereocenters. The summed E-state index contributed by atoms with van der Waals surface area (Å²) in [5.41, 5.74) is 0.717. The molecule has 11 atom stereocenters. The van der Waals surface area contributed by atoms with Crippen LogP contribution in [-0.4, -0.2) is 114 Å². The van der Waals surface area contributed by atoms with Crippen LogP contribution in [-0.2, 0) is 28.6 Å². The van der Waals surface area contributed by atoms with Crippen molar-refractivity contribution < 1.29 is 59.2 Å². The molecule has 0 aliphatic carbocycles. The molecule has 406 valence electrons. The first-order chi connectivity index (χ1) is 33.4. The van der Waals surface area contributed by atoms with Crippen LogP contribution < -0.4 is 0 Å². The fraction of sp³-hybridized carbons (Fsp3) is 0.741. The molecule has 2 bridgehead atoms. The largest absolute Gasteiger partial charge is 0.462 e. The molecule has 0 aromatic carbocycles. The van der Waals surface area contributed by atoms with E-state index in [0.717, 1.165) is 30.4 Å². The Hall–Kier alpha value is -2.75. The first-order valence-corrected chi connectivity index (χ1v) is 27.9. The number of esters is 2. The van der Waals surface area contributed by atoms with Gasteiger partial charge in [-0.25, -0.2) is 4.79 Å². The first kappa shape index (κ1) is 64.4. The van der Waals surface area contributed by atoms with Crippen LogP contribution in [0.4, 0.5) is 0 Å². The summed E-state index contributed by atoms with van der Waals surface area (Å²) in [6.07, 6.45) is 16.8. The molecule has 0 spiro atoms. The van der Waals surface area contributed by atoms with Crippen LogP contribution in [0.2, 0.25) is 0 Å². The molecule has 0 radical (unpaired) electrons. The van der Waals surface area contributed by atoms with Crippen molar-refractivity contribution in [2.24, 2.45) is 11.3 Å². The molecule has 2 rings (SSSR count). The Kier molecular flexibility index (Phi) is 30.1. The lowest BCUT2D eigenvalue weighted by Crippen LogP contribution is -2.48. The number of unbranched alkanes of at least 4 members (excludes halogenated alkanes) is 12. The van der Waals surface area contributed by atoms with Crippen molar-refractivity contribution in [3.63, 3.8) is 0 Å². The van der Waals surface area contributed by atoms with E-state index in [1.807, 2.05) is 13.0 Å². The molecule has 6 N–H and O–H groups in total. The number of fused-ring (bicyclic) bond motifs is 2. The lowest BCUT2D eigenvalue weighted by atomic mass is 9.75. The van der Waals surface area contributed by atoms with Crippen LogP contribution >= 0.6 is 15.9 Å². The molecule has 2 heterocycles. The molecule has 12 nitrogen and oxygen atoms in total. The Morgan fingerprint density at radius 1 is 0.901 bits per heavy atom. The van der Waals surface area contributed by atoms with Crippen molar-refractivity contribution in [1.29, 1.82) is 0 Å². The Bertz CT molecular complexity index is 1780. The van der Waals surface area contributed by atoms with Crippen LogP contribution in [0.1, 0.15) is 197 Å². The lowest BCUT2D eigenvalue weighted by Gasteiger charge is -2.38. The number of rotatable bonds is 31. The smallest absolute Gasteiger partial charge is 0.331 e. The van der Waals surface area contributed by atoms with Gasteiger partial charge in [-0.2, -0.15) is 0 Å². The van der Waals surface area contributed by atoms with Gasteiger partial charge in [0.25, 0.3) is 0 Å². The zero-order valence-electron chi connectivity index (χ0n) is 44.8. The van der Waals surface area contributed by atoms with Gasteiger partial charge in [-0.1, -0.05) is 175 Å². The summed E-state index contributed by atoms with van der Waals surface area (Å²) < 4.78 is 18.3. The van der Waals surface area contributed by atoms with Crippen LogP contribution in [0, 0.1) is 11.3 Å². The van der Waals surface area contributed by atoms with Gasteiger partial charge in [-0.05, 0) is 70.9 Å². The highest BCUT2D eigenvalue weighted by Gasteiger charge is 2.51. The summed E-state index contributed by atoms with van der Waals surface area (Å²) in [5, 5.41) is 68.1. The Balaban J connectivity index is 2.04. The van der Waals surface area contributed by atoms with Crippen molar-refractivity contribution in [2.75, 3.05) is 5.33 Å². The van der Waals surface area contributed by atoms with E-state index in [-0.39, 0.29) is 48.8 Å². The van der Waals surface area contributed by atoms with Crippen LogP contribution in [0.3, 0.4) is 0 Å². The molecule has 0 aromatic rings. The number of alkyl halides is 1. The van der Waals surface area contributed by atoms with Crippen LogP contribution in [0.15, 0.2) is 71.4 Å². The summed E-state index contributed by atoms with van der Waals surface area (Å²) in [6.45, 7) is 22.4. The van der Waals surface area contributed by atoms with E-state index in [2.05, 4.69) is 36.0 Å². The van der Waals surface area contributed by atoms with Crippen molar-refractivity contribution in [2.45, 2.75) is 257 Å². The molecule has 1 fully saturated rings. The number of aliphatic hydroxyl groups excluding tert-OH is 6. The van der Waals surface area contributed by atoms with E-state index >= 15 is 0 Å². The fourth-order valence-corrected chi connectivity index (χ4v) is 9.90. The minimum Gasteiger partial charge on any atom is -0.462 e. The minimum absolute atomic E-state index is 0.0323. The van der Waals surface area contributed by atoms with Crippen molar-refractivity contribution in [3.8, 4) is 0 Å². The quantitative estimate of drug-likeness (QED) is 0.0126. The van der Waals surface area contributed by atoms with Gasteiger partial charge < -0.3 is 44.8 Å². The zero-order chi connectivity index (χ0) is 53.3. The van der Waals surface area contributed by atoms with E-state index in [4.69, 9.17) is 14.2 Å². The number of hydrogen-bond donors (Lipinski definition) is 6. The summed E-state index contributed by atoms with van der Waals surface area (Å²) in [5.74, 6) is -2.02. The molecular weight excluding hydrogens is 969 g/mol. The topological polar surface area (TPSA) is 200 Å². The van der Waals surface area contributed by atoms with Crippen LogP contribution in [0.25, 0.3) is 0 Å². The molecule has 0 amide bonds. The second kappa shape index (κ2) is 33.2. The maximum atomic E-state index is 13.1. The number of carbonyl (C=O) groups excluding carboxylic acids is 3. The average molecular weight is 1060 g/mol. The summed E-state index contributed by atoms with van der Waals surface area (Å²) >= 11 is 3.17. The Morgan fingerprint density at radius 2 is 1.48 bits per heavy atom. The van der Waals surface area contributed by atoms with Crippen molar-refractivity contribution in [1.82, 2.24) is 0 Å².